The maximum Gasteiger partial charge on any atom is 0.243 e. The van der Waals surface area contributed by atoms with Crippen molar-refractivity contribution in [3.8, 4) is 10.4 Å². The molecule has 11 nitrogen and oxygen atoms in total. The molecule has 12 heteroatoms. The van der Waals surface area contributed by atoms with Gasteiger partial charge in [0.15, 0.2) is 11.6 Å². The van der Waals surface area contributed by atoms with E-state index in [-0.39, 0.29) is 36.7 Å². The van der Waals surface area contributed by atoms with Crippen LogP contribution in [0.3, 0.4) is 0 Å². The Morgan fingerprint density at radius 2 is 1.85 bits per heavy atom. The molecular formula is C36H49N7O4S. The van der Waals surface area contributed by atoms with Crippen molar-refractivity contribution in [1.82, 2.24) is 30.6 Å². The molecule has 48 heavy (non-hydrogen) atoms. The summed E-state index contributed by atoms with van der Waals surface area (Å²) in [4.78, 5) is 39.6. The molecule has 4 fully saturated rings. The first-order valence-corrected chi connectivity index (χ1v) is 18.4. The van der Waals surface area contributed by atoms with E-state index in [9.17, 15) is 14.7 Å². The number of aliphatic hydroxyl groups is 1. The number of carbonyl (C=O) groups excluding carboxylic acids is 2. The normalized spacial score (nSPS) is 24.0. The highest BCUT2D eigenvalue weighted by atomic mass is 32.1. The average Bonchev–Trinajstić information content (AvgIpc) is 3.78. The van der Waals surface area contributed by atoms with E-state index in [1.807, 2.05) is 63.5 Å². The summed E-state index contributed by atoms with van der Waals surface area (Å²) >= 11 is 1.61. The molecule has 0 radical (unpaired) electrons. The summed E-state index contributed by atoms with van der Waals surface area (Å²) in [6.07, 6.45) is 1.98. The summed E-state index contributed by atoms with van der Waals surface area (Å²) in [5.41, 5.74) is 5.23. The number of thiazole rings is 1. The Morgan fingerprint density at radius 1 is 1.12 bits per heavy atom. The summed E-state index contributed by atoms with van der Waals surface area (Å²) in [6.45, 7) is 15.7. The molecule has 4 atom stereocenters. The van der Waals surface area contributed by atoms with Crippen molar-refractivity contribution in [2.45, 2.75) is 71.1 Å². The van der Waals surface area contributed by atoms with E-state index in [2.05, 4.69) is 30.6 Å². The van der Waals surface area contributed by atoms with Gasteiger partial charge in [-0.3, -0.25) is 9.59 Å². The lowest BCUT2D eigenvalue weighted by atomic mass is 9.72. The minimum Gasteiger partial charge on any atom is -0.391 e. The second-order valence-electron chi connectivity index (χ2n) is 15.0. The fourth-order valence-electron chi connectivity index (χ4n) is 8.28. The van der Waals surface area contributed by atoms with Gasteiger partial charge in [-0.05, 0) is 62.7 Å². The molecule has 0 bridgehead atoms. The molecule has 4 aliphatic heterocycles. The van der Waals surface area contributed by atoms with Gasteiger partial charge in [-0.15, -0.1) is 11.3 Å². The van der Waals surface area contributed by atoms with Gasteiger partial charge in [-0.25, -0.2) is 4.98 Å². The summed E-state index contributed by atoms with van der Waals surface area (Å²) < 4.78 is 5.83. The van der Waals surface area contributed by atoms with E-state index in [0.29, 0.717) is 11.2 Å². The SMILES string of the molecule is Cc1ncsc1-c1ccc([C@H](C)NC(=O)[C@@H]2C[C@@H](O)CN2C(=O)[C@@H](c2cc(N3CC4(CN(CC5CCNCC5)C4)C3)no2)C(C)C)cc1. The molecule has 4 saturated heterocycles. The number of benzene rings is 1. The zero-order valence-electron chi connectivity index (χ0n) is 28.5. The van der Waals surface area contributed by atoms with E-state index in [1.165, 1.54) is 19.4 Å². The summed E-state index contributed by atoms with van der Waals surface area (Å²) in [5, 5.41) is 21.6. The van der Waals surface area contributed by atoms with Crippen molar-refractivity contribution in [2.24, 2.45) is 17.3 Å². The summed E-state index contributed by atoms with van der Waals surface area (Å²) in [6, 6.07) is 8.99. The number of amides is 2. The lowest BCUT2D eigenvalue weighted by Crippen LogP contribution is -2.72. The molecule has 3 aromatic rings. The number of piperidine rings is 1. The Hall–Kier alpha value is -3.32. The monoisotopic (exact) mass is 675 g/mol. The number of likely N-dealkylation sites (tertiary alicyclic amines) is 2. The summed E-state index contributed by atoms with van der Waals surface area (Å²) in [5.74, 6) is 0.920. The van der Waals surface area contributed by atoms with Gasteiger partial charge < -0.3 is 35.0 Å². The molecule has 2 aromatic heterocycles. The molecule has 1 aromatic carbocycles. The highest BCUT2D eigenvalue weighted by Gasteiger charge is 2.52. The van der Waals surface area contributed by atoms with Crippen LogP contribution in [0, 0.1) is 24.2 Å². The van der Waals surface area contributed by atoms with E-state index in [1.54, 1.807) is 16.2 Å². The van der Waals surface area contributed by atoms with Crippen LogP contribution in [0.1, 0.15) is 69.0 Å². The minimum absolute atomic E-state index is 0.0858. The van der Waals surface area contributed by atoms with Gasteiger partial charge in [0.05, 0.1) is 28.2 Å². The van der Waals surface area contributed by atoms with Crippen LogP contribution < -0.4 is 15.5 Å². The van der Waals surface area contributed by atoms with Crippen LogP contribution in [-0.4, -0.2) is 101 Å². The van der Waals surface area contributed by atoms with E-state index in [4.69, 9.17) is 4.52 Å². The van der Waals surface area contributed by atoms with Crippen LogP contribution in [0.4, 0.5) is 5.82 Å². The molecule has 3 N–H and O–H groups in total. The van der Waals surface area contributed by atoms with Crippen LogP contribution in [0.5, 0.6) is 0 Å². The molecule has 2 amide bonds. The number of aromatic nitrogens is 2. The first-order valence-electron chi connectivity index (χ1n) is 17.5. The first kappa shape index (κ1) is 33.2. The van der Waals surface area contributed by atoms with Crippen molar-refractivity contribution >= 4 is 29.0 Å². The molecule has 0 aliphatic carbocycles. The topological polar surface area (TPSA) is 127 Å². The Kier molecular flexibility index (Phi) is 9.36. The van der Waals surface area contributed by atoms with Crippen molar-refractivity contribution in [3.05, 3.63) is 52.9 Å². The maximum atomic E-state index is 14.1. The number of hydrogen-bond donors (Lipinski definition) is 3. The number of β-amino-alcohol motifs (C(OH)–C–C–N with tert-alkyl or cyclic N) is 1. The predicted octanol–water partition coefficient (Wildman–Crippen LogP) is 3.81. The van der Waals surface area contributed by atoms with Crippen LogP contribution in [0.15, 0.2) is 40.4 Å². The standard InChI is InChI=1S/C36H49N7O4S/c1-22(2)32(30-14-31(40-47-30)42-19-36(20-42)17-41(18-36)15-25-9-11-37-12-10-25)35(46)43-16-28(44)13-29(43)34(45)39-23(3)26-5-7-27(8-6-26)33-24(4)38-21-48-33/h5-8,14,21-23,25,28-29,32,37,44H,9-13,15-20H2,1-4H3,(H,39,45)/t23-,28+,29-,32+/m0/s1. The third kappa shape index (κ3) is 6.64. The second-order valence-corrected chi connectivity index (χ2v) is 15.9. The van der Waals surface area contributed by atoms with E-state index in [0.717, 1.165) is 72.7 Å². The molecule has 1 spiro atoms. The lowest BCUT2D eigenvalue weighted by molar-refractivity contribution is -0.141. The number of aryl methyl sites for hydroxylation is 1. The number of hydrogen-bond acceptors (Lipinski definition) is 10. The number of rotatable bonds is 10. The minimum atomic E-state index is -0.769. The van der Waals surface area contributed by atoms with E-state index >= 15 is 0 Å². The molecule has 7 rings (SSSR count). The van der Waals surface area contributed by atoms with Crippen molar-refractivity contribution < 1.29 is 19.2 Å². The third-order valence-corrected chi connectivity index (χ3v) is 11.8. The Balaban J connectivity index is 0.960. The van der Waals surface area contributed by atoms with Gasteiger partial charge in [0.25, 0.3) is 0 Å². The van der Waals surface area contributed by atoms with Crippen LogP contribution in [-0.2, 0) is 9.59 Å². The highest BCUT2D eigenvalue weighted by molar-refractivity contribution is 7.13. The highest BCUT2D eigenvalue weighted by Crippen LogP contribution is 2.43. The first-order chi connectivity index (χ1) is 23.1. The van der Waals surface area contributed by atoms with Crippen molar-refractivity contribution in [2.75, 3.05) is 57.3 Å². The number of carbonyl (C=O) groups is 2. The van der Waals surface area contributed by atoms with Crippen LogP contribution in [0.25, 0.3) is 10.4 Å². The predicted molar refractivity (Wildman–Crippen MR) is 186 cm³/mol. The number of anilines is 1. The lowest BCUT2D eigenvalue weighted by Gasteiger charge is -2.61. The number of nitrogens with one attached hydrogen (secondary N) is 2. The zero-order chi connectivity index (χ0) is 33.6. The molecule has 258 valence electrons. The number of nitrogens with zero attached hydrogens (tertiary/aromatic N) is 5. The average molecular weight is 676 g/mol. The van der Waals surface area contributed by atoms with Crippen molar-refractivity contribution in [1.29, 1.82) is 0 Å². The van der Waals surface area contributed by atoms with Gasteiger partial charge in [-0.1, -0.05) is 43.3 Å². The molecule has 0 unspecified atom stereocenters. The van der Waals surface area contributed by atoms with Gasteiger partial charge >= 0.3 is 0 Å². The van der Waals surface area contributed by atoms with E-state index < -0.39 is 18.1 Å². The zero-order valence-corrected chi connectivity index (χ0v) is 29.3. The quantitative estimate of drug-likeness (QED) is 0.294. The van der Waals surface area contributed by atoms with Gasteiger partial charge in [0.2, 0.25) is 11.8 Å². The molecular weight excluding hydrogens is 627 g/mol. The van der Waals surface area contributed by atoms with Gasteiger partial charge in [0.1, 0.15) is 12.0 Å². The summed E-state index contributed by atoms with van der Waals surface area (Å²) in [7, 11) is 0. The maximum absolute atomic E-state index is 14.1. The van der Waals surface area contributed by atoms with Gasteiger partial charge in [0, 0.05) is 57.2 Å². The van der Waals surface area contributed by atoms with Crippen LogP contribution in [0.2, 0.25) is 0 Å². The largest absolute Gasteiger partial charge is 0.391 e. The fourth-order valence-corrected chi connectivity index (χ4v) is 9.09. The van der Waals surface area contributed by atoms with Crippen LogP contribution >= 0.6 is 11.3 Å². The molecule has 6 heterocycles. The number of aliphatic hydroxyl groups excluding tert-OH is 1. The Morgan fingerprint density at radius 3 is 2.52 bits per heavy atom. The third-order valence-electron chi connectivity index (χ3n) is 10.9. The Bertz CT molecular complexity index is 1590. The molecule has 4 aliphatic rings. The Labute approximate surface area is 287 Å². The van der Waals surface area contributed by atoms with Crippen molar-refractivity contribution in [3.63, 3.8) is 0 Å². The smallest absolute Gasteiger partial charge is 0.243 e. The molecule has 0 saturated carbocycles. The fraction of sp³-hybridized carbons (Fsp3) is 0.611. The van der Waals surface area contributed by atoms with Gasteiger partial charge in [-0.2, -0.15) is 0 Å². The second kappa shape index (κ2) is 13.5.